The molecule has 0 aliphatic rings. The van der Waals surface area contributed by atoms with Gasteiger partial charge in [0.1, 0.15) is 0 Å². The summed E-state index contributed by atoms with van der Waals surface area (Å²) in [6.45, 7) is 0. The normalized spacial score (nSPS) is 10.5. The topological polar surface area (TPSA) is 72.7 Å². The van der Waals surface area contributed by atoms with Crippen LogP contribution in [-0.4, -0.2) is 26.1 Å². The summed E-state index contributed by atoms with van der Waals surface area (Å²) in [6.07, 6.45) is 0. The Morgan fingerprint density at radius 2 is 1.95 bits per heavy atom. The molecule has 0 fully saturated rings. The highest BCUT2D eigenvalue weighted by molar-refractivity contribution is 6.31. The monoisotopic (exact) mass is 313 g/mol. The second-order valence-electron chi connectivity index (χ2n) is 4.67. The third kappa shape index (κ3) is 2.96. The third-order valence-electron chi connectivity index (χ3n) is 3.11. The molecule has 0 bridgehead atoms. The Kier molecular flexibility index (Phi) is 3.84. The second-order valence-corrected chi connectivity index (χ2v) is 5.10. The number of tetrazole rings is 1. The van der Waals surface area contributed by atoms with E-state index in [2.05, 4.69) is 20.8 Å². The summed E-state index contributed by atoms with van der Waals surface area (Å²) >= 11 is 5.88. The Balaban J connectivity index is 1.76. The average molecular weight is 314 g/mol. The van der Waals surface area contributed by atoms with Crippen molar-refractivity contribution in [3.05, 3.63) is 59.1 Å². The predicted octanol–water partition coefficient (Wildman–Crippen LogP) is 2.78. The van der Waals surface area contributed by atoms with Gasteiger partial charge in [-0.2, -0.15) is 0 Å². The lowest BCUT2D eigenvalue weighted by molar-refractivity contribution is 0.102. The van der Waals surface area contributed by atoms with Crippen LogP contribution in [0.15, 0.2) is 48.5 Å². The van der Waals surface area contributed by atoms with Gasteiger partial charge in [0.05, 0.1) is 0 Å². The number of aromatic nitrogens is 4. The fraction of sp³-hybridized carbons (Fsp3) is 0.0667. The van der Waals surface area contributed by atoms with Gasteiger partial charge in [0.15, 0.2) is 5.82 Å². The van der Waals surface area contributed by atoms with Gasteiger partial charge in [-0.1, -0.05) is 17.7 Å². The van der Waals surface area contributed by atoms with Gasteiger partial charge in [0, 0.05) is 28.9 Å². The van der Waals surface area contributed by atoms with Crippen molar-refractivity contribution in [2.45, 2.75) is 0 Å². The fourth-order valence-corrected chi connectivity index (χ4v) is 2.20. The summed E-state index contributed by atoms with van der Waals surface area (Å²) in [5.74, 6) is 0.447. The first-order valence-electron chi connectivity index (χ1n) is 6.53. The van der Waals surface area contributed by atoms with E-state index in [1.807, 2.05) is 12.1 Å². The smallest absolute Gasteiger partial charge is 0.255 e. The van der Waals surface area contributed by atoms with Gasteiger partial charge in [-0.3, -0.25) is 4.79 Å². The number of aryl methyl sites for hydroxylation is 1. The average Bonchev–Trinajstić information content (AvgIpc) is 2.94. The highest BCUT2D eigenvalue weighted by Crippen LogP contribution is 2.19. The maximum Gasteiger partial charge on any atom is 0.255 e. The number of carbonyl (C=O) groups excluding carboxylic acids is 1. The molecule has 6 nitrogen and oxygen atoms in total. The van der Waals surface area contributed by atoms with Crippen LogP contribution in [0.4, 0.5) is 5.69 Å². The zero-order valence-corrected chi connectivity index (χ0v) is 12.4. The summed E-state index contributed by atoms with van der Waals surface area (Å²) in [5.41, 5.74) is 2.06. The number of anilines is 1. The van der Waals surface area contributed by atoms with E-state index in [4.69, 9.17) is 11.6 Å². The van der Waals surface area contributed by atoms with Crippen molar-refractivity contribution in [3.63, 3.8) is 0 Å². The molecule has 3 aromatic rings. The van der Waals surface area contributed by atoms with Gasteiger partial charge in [-0.25, -0.2) is 4.68 Å². The lowest BCUT2D eigenvalue weighted by Gasteiger charge is -2.06. The number of benzene rings is 2. The number of hydrogen-bond donors (Lipinski definition) is 1. The minimum Gasteiger partial charge on any atom is -0.322 e. The highest BCUT2D eigenvalue weighted by atomic mass is 35.5. The number of nitrogens with one attached hydrogen (secondary N) is 1. The Labute approximate surface area is 131 Å². The molecule has 0 aliphatic carbocycles. The highest BCUT2D eigenvalue weighted by Gasteiger charge is 2.08. The van der Waals surface area contributed by atoms with E-state index in [9.17, 15) is 4.79 Å². The molecular weight excluding hydrogens is 302 g/mol. The van der Waals surface area contributed by atoms with Crippen molar-refractivity contribution in [2.75, 3.05) is 5.32 Å². The van der Waals surface area contributed by atoms with E-state index in [1.54, 1.807) is 48.1 Å². The Hall–Kier alpha value is -2.73. The molecule has 22 heavy (non-hydrogen) atoms. The van der Waals surface area contributed by atoms with Crippen LogP contribution in [-0.2, 0) is 7.05 Å². The van der Waals surface area contributed by atoms with E-state index in [1.165, 1.54) is 0 Å². The van der Waals surface area contributed by atoms with Crippen molar-refractivity contribution in [1.29, 1.82) is 0 Å². The summed E-state index contributed by atoms with van der Waals surface area (Å²) in [5, 5.41) is 14.7. The first-order valence-corrected chi connectivity index (χ1v) is 6.91. The lowest BCUT2D eigenvalue weighted by atomic mass is 10.1. The molecule has 1 aromatic heterocycles. The van der Waals surface area contributed by atoms with Crippen LogP contribution in [0.1, 0.15) is 10.4 Å². The molecule has 1 amide bonds. The Morgan fingerprint density at radius 1 is 1.18 bits per heavy atom. The fourth-order valence-electron chi connectivity index (χ4n) is 2.01. The van der Waals surface area contributed by atoms with Gasteiger partial charge < -0.3 is 5.32 Å². The van der Waals surface area contributed by atoms with Gasteiger partial charge in [0.25, 0.3) is 5.91 Å². The minimum atomic E-state index is -0.212. The first-order chi connectivity index (χ1) is 10.6. The number of carbonyl (C=O) groups is 1. The minimum absolute atomic E-state index is 0.212. The molecule has 7 heteroatoms. The molecule has 1 N–H and O–H groups in total. The van der Waals surface area contributed by atoms with Crippen LogP contribution in [0.2, 0.25) is 5.02 Å². The van der Waals surface area contributed by atoms with E-state index >= 15 is 0 Å². The summed E-state index contributed by atoms with van der Waals surface area (Å²) in [7, 11) is 1.77. The van der Waals surface area contributed by atoms with Crippen LogP contribution in [0, 0.1) is 0 Å². The molecule has 110 valence electrons. The quantitative estimate of drug-likeness (QED) is 0.807. The summed E-state index contributed by atoms with van der Waals surface area (Å²) < 4.78 is 1.58. The predicted molar refractivity (Wildman–Crippen MR) is 83.6 cm³/mol. The van der Waals surface area contributed by atoms with Crippen molar-refractivity contribution < 1.29 is 4.79 Å². The molecule has 0 saturated carbocycles. The molecule has 0 radical (unpaired) electrons. The van der Waals surface area contributed by atoms with Gasteiger partial charge in [0.2, 0.25) is 0 Å². The maximum atomic E-state index is 12.1. The lowest BCUT2D eigenvalue weighted by Crippen LogP contribution is -2.11. The van der Waals surface area contributed by atoms with E-state index in [0.29, 0.717) is 22.1 Å². The van der Waals surface area contributed by atoms with Gasteiger partial charge in [-0.05, 0) is 52.9 Å². The van der Waals surface area contributed by atoms with Crippen LogP contribution in [0.25, 0.3) is 11.4 Å². The first kappa shape index (κ1) is 14.2. The molecule has 1 heterocycles. The largest absolute Gasteiger partial charge is 0.322 e. The molecule has 0 saturated heterocycles. The number of hydrogen-bond acceptors (Lipinski definition) is 4. The number of amides is 1. The second kappa shape index (κ2) is 5.95. The van der Waals surface area contributed by atoms with Crippen LogP contribution in [0.3, 0.4) is 0 Å². The summed E-state index contributed by atoms with van der Waals surface area (Å²) in [4.78, 5) is 12.1. The summed E-state index contributed by atoms with van der Waals surface area (Å²) in [6, 6.07) is 14.1. The molecule has 0 spiro atoms. The van der Waals surface area contributed by atoms with Gasteiger partial charge >= 0.3 is 0 Å². The van der Waals surface area contributed by atoms with Crippen LogP contribution >= 0.6 is 11.6 Å². The number of rotatable bonds is 3. The van der Waals surface area contributed by atoms with Crippen molar-refractivity contribution in [2.24, 2.45) is 7.05 Å². The van der Waals surface area contributed by atoms with E-state index in [0.717, 1.165) is 5.56 Å². The number of nitrogens with zero attached hydrogens (tertiary/aromatic N) is 4. The van der Waals surface area contributed by atoms with Crippen LogP contribution < -0.4 is 5.32 Å². The van der Waals surface area contributed by atoms with Gasteiger partial charge in [-0.15, -0.1) is 5.10 Å². The molecule has 0 unspecified atom stereocenters. The zero-order valence-electron chi connectivity index (χ0n) is 11.7. The molecular formula is C15H12ClN5O. The van der Waals surface area contributed by atoms with Crippen molar-refractivity contribution in [1.82, 2.24) is 20.2 Å². The van der Waals surface area contributed by atoms with E-state index in [-0.39, 0.29) is 5.91 Å². The molecule has 0 atom stereocenters. The van der Waals surface area contributed by atoms with Crippen molar-refractivity contribution in [3.8, 4) is 11.4 Å². The molecule has 3 rings (SSSR count). The standard InChI is InChI=1S/C15H12ClN5O/c1-21-14(18-19-20-21)10-5-7-13(8-6-10)17-15(22)11-3-2-4-12(16)9-11/h2-9H,1H3,(H,17,22). The van der Waals surface area contributed by atoms with Crippen molar-refractivity contribution >= 4 is 23.2 Å². The van der Waals surface area contributed by atoms with E-state index < -0.39 is 0 Å². The van der Waals surface area contributed by atoms with Crippen LogP contribution in [0.5, 0.6) is 0 Å². The molecule has 0 aliphatic heterocycles. The maximum absolute atomic E-state index is 12.1. The Morgan fingerprint density at radius 3 is 2.59 bits per heavy atom. The number of halogens is 1. The SMILES string of the molecule is Cn1nnnc1-c1ccc(NC(=O)c2cccc(Cl)c2)cc1. The third-order valence-corrected chi connectivity index (χ3v) is 3.34. The molecule has 2 aromatic carbocycles. The zero-order chi connectivity index (χ0) is 15.5. The Bertz CT molecular complexity index is 813.